The summed E-state index contributed by atoms with van der Waals surface area (Å²) in [5.74, 6) is -0.402. The van der Waals surface area contributed by atoms with Crippen molar-refractivity contribution in [3.63, 3.8) is 0 Å². The maximum Gasteiger partial charge on any atom is 0.303 e. The zero-order valence-corrected chi connectivity index (χ0v) is 16.8. The van der Waals surface area contributed by atoms with Crippen molar-refractivity contribution in [1.82, 2.24) is 0 Å². The molecule has 30 heavy (non-hydrogen) atoms. The molecule has 0 amide bonds. The van der Waals surface area contributed by atoms with E-state index in [2.05, 4.69) is 0 Å². The average Bonchev–Trinajstić information content (AvgIpc) is 2.73. The first-order chi connectivity index (χ1) is 14.4. The number of rotatable bonds is 8. The monoisotopic (exact) mass is 410 g/mol. The number of hydrogen-bond donors (Lipinski definition) is 2. The highest BCUT2D eigenvalue weighted by molar-refractivity contribution is 5.72. The van der Waals surface area contributed by atoms with Crippen molar-refractivity contribution in [3.05, 3.63) is 77.6 Å². The number of benzene rings is 3. The molecule has 0 aliphatic carbocycles. The molecule has 6 heteroatoms. The summed E-state index contributed by atoms with van der Waals surface area (Å²) in [4.78, 5) is 10.9. The largest absolute Gasteiger partial charge is 0.507 e. The maximum absolute atomic E-state index is 14.2. The lowest BCUT2D eigenvalue weighted by Crippen LogP contribution is -2.03. The van der Waals surface area contributed by atoms with Crippen molar-refractivity contribution in [3.8, 4) is 28.4 Å². The first-order valence-electron chi connectivity index (χ1n) is 9.47. The molecule has 0 saturated heterocycles. The molecule has 1 atom stereocenters. The molecular formula is C24H23FO5. The summed E-state index contributed by atoms with van der Waals surface area (Å²) in [5, 5.41) is 19.4. The minimum absolute atomic E-state index is 0.0413. The quantitative estimate of drug-likeness (QED) is 0.523. The predicted molar refractivity (Wildman–Crippen MR) is 111 cm³/mol. The third-order valence-electron chi connectivity index (χ3n) is 4.84. The van der Waals surface area contributed by atoms with Crippen molar-refractivity contribution in [2.75, 3.05) is 7.11 Å². The molecule has 156 valence electrons. The third-order valence-corrected chi connectivity index (χ3v) is 4.84. The zero-order chi connectivity index (χ0) is 21.7. The van der Waals surface area contributed by atoms with E-state index in [0.717, 1.165) is 5.56 Å². The summed E-state index contributed by atoms with van der Waals surface area (Å²) in [6.45, 7) is 2.05. The third kappa shape index (κ3) is 5.08. The van der Waals surface area contributed by atoms with Gasteiger partial charge in [0.05, 0.1) is 13.5 Å². The van der Waals surface area contributed by atoms with E-state index in [-0.39, 0.29) is 30.3 Å². The Morgan fingerprint density at radius 3 is 2.53 bits per heavy atom. The van der Waals surface area contributed by atoms with Crippen LogP contribution in [0.3, 0.4) is 0 Å². The second-order valence-corrected chi connectivity index (χ2v) is 7.06. The van der Waals surface area contributed by atoms with Crippen LogP contribution < -0.4 is 9.47 Å². The standard InChI is InChI=1S/C24H23FO5/c1-15(10-24(27)28)17-4-3-5-19(12-17)30-14-16-6-8-20(23(26)11-16)21-13-18(29-2)7-9-22(21)25/h3-9,11-13,15,26H,10,14H2,1-2H3,(H,27,28)/t15-/m0/s1. The van der Waals surface area contributed by atoms with Crippen molar-refractivity contribution in [2.24, 2.45) is 0 Å². The maximum atomic E-state index is 14.2. The summed E-state index contributed by atoms with van der Waals surface area (Å²) >= 11 is 0. The van der Waals surface area contributed by atoms with Gasteiger partial charge in [0.15, 0.2) is 0 Å². The van der Waals surface area contributed by atoms with Crippen LogP contribution >= 0.6 is 0 Å². The Hall–Kier alpha value is -3.54. The molecule has 0 aliphatic rings. The second kappa shape index (κ2) is 9.31. The zero-order valence-electron chi connectivity index (χ0n) is 16.8. The number of halogens is 1. The van der Waals surface area contributed by atoms with Crippen LogP contribution in [0.25, 0.3) is 11.1 Å². The fraction of sp³-hybridized carbons (Fsp3) is 0.208. The van der Waals surface area contributed by atoms with Crippen LogP contribution in [0.15, 0.2) is 60.7 Å². The minimum atomic E-state index is -0.850. The van der Waals surface area contributed by atoms with Crippen molar-refractivity contribution in [1.29, 1.82) is 0 Å². The highest BCUT2D eigenvalue weighted by Gasteiger charge is 2.13. The van der Waals surface area contributed by atoms with Crippen LogP contribution in [0.1, 0.15) is 30.4 Å². The topological polar surface area (TPSA) is 76.0 Å². The highest BCUT2D eigenvalue weighted by Crippen LogP contribution is 2.34. The van der Waals surface area contributed by atoms with Gasteiger partial charge < -0.3 is 19.7 Å². The van der Waals surface area contributed by atoms with Gasteiger partial charge in [0.25, 0.3) is 0 Å². The van der Waals surface area contributed by atoms with Crippen molar-refractivity contribution >= 4 is 5.97 Å². The lowest BCUT2D eigenvalue weighted by atomic mass is 9.98. The lowest BCUT2D eigenvalue weighted by Gasteiger charge is -2.13. The Bertz CT molecular complexity index is 1050. The molecule has 0 unspecified atom stereocenters. The molecule has 0 radical (unpaired) electrons. The average molecular weight is 410 g/mol. The Morgan fingerprint density at radius 1 is 1.03 bits per heavy atom. The summed E-state index contributed by atoms with van der Waals surface area (Å²) in [6, 6.07) is 16.5. The van der Waals surface area contributed by atoms with E-state index in [1.54, 1.807) is 18.2 Å². The van der Waals surface area contributed by atoms with Gasteiger partial charge in [-0.2, -0.15) is 0 Å². The Labute approximate surface area is 174 Å². The van der Waals surface area contributed by atoms with Crippen LogP contribution in [-0.4, -0.2) is 23.3 Å². The fourth-order valence-corrected chi connectivity index (χ4v) is 3.19. The number of carboxylic acid groups (broad SMARTS) is 1. The number of carboxylic acids is 1. The van der Waals surface area contributed by atoms with Crippen LogP contribution in [0, 0.1) is 5.82 Å². The number of aromatic hydroxyl groups is 1. The predicted octanol–water partition coefficient (Wildman–Crippen LogP) is 5.36. The number of phenolic OH excluding ortho intramolecular Hbond substituents is 1. The molecule has 0 spiro atoms. The van der Waals surface area contributed by atoms with Gasteiger partial charge in [0.1, 0.15) is 29.7 Å². The molecule has 3 rings (SSSR count). The first kappa shape index (κ1) is 21.2. The van der Waals surface area contributed by atoms with Gasteiger partial charge in [-0.1, -0.05) is 31.2 Å². The number of hydrogen-bond acceptors (Lipinski definition) is 4. The van der Waals surface area contributed by atoms with E-state index in [1.165, 1.54) is 31.4 Å². The van der Waals surface area contributed by atoms with Gasteiger partial charge in [-0.15, -0.1) is 0 Å². The summed E-state index contributed by atoms with van der Waals surface area (Å²) in [7, 11) is 1.49. The number of carbonyl (C=O) groups is 1. The Balaban J connectivity index is 1.74. The summed E-state index contributed by atoms with van der Waals surface area (Å²) in [5.41, 5.74) is 2.20. The Morgan fingerprint density at radius 2 is 1.83 bits per heavy atom. The van der Waals surface area contributed by atoms with Gasteiger partial charge in [-0.25, -0.2) is 4.39 Å². The molecule has 0 fully saturated rings. The summed E-state index contributed by atoms with van der Waals surface area (Å²) < 4.78 is 25.1. The fourth-order valence-electron chi connectivity index (χ4n) is 3.19. The number of methoxy groups -OCH3 is 1. The van der Waals surface area contributed by atoms with Gasteiger partial charge >= 0.3 is 5.97 Å². The van der Waals surface area contributed by atoms with Gasteiger partial charge in [-0.05, 0) is 53.4 Å². The van der Waals surface area contributed by atoms with E-state index in [0.29, 0.717) is 22.6 Å². The van der Waals surface area contributed by atoms with Crippen LogP contribution in [0.4, 0.5) is 4.39 Å². The van der Waals surface area contributed by atoms with E-state index in [1.807, 2.05) is 25.1 Å². The smallest absolute Gasteiger partial charge is 0.303 e. The van der Waals surface area contributed by atoms with Gasteiger partial charge in [0.2, 0.25) is 0 Å². The molecule has 0 saturated carbocycles. The first-order valence-corrected chi connectivity index (χ1v) is 9.47. The van der Waals surface area contributed by atoms with Crippen LogP contribution in [-0.2, 0) is 11.4 Å². The van der Waals surface area contributed by atoms with Crippen LogP contribution in [0.5, 0.6) is 17.2 Å². The van der Waals surface area contributed by atoms with Crippen LogP contribution in [0.2, 0.25) is 0 Å². The van der Waals surface area contributed by atoms with E-state index < -0.39 is 11.8 Å². The molecular weight excluding hydrogens is 387 g/mol. The van der Waals surface area contributed by atoms with E-state index in [4.69, 9.17) is 14.6 Å². The van der Waals surface area contributed by atoms with E-state index >= 15 is 0 Å². The normalized spacial score (nSPS) is 11.7. The number of phenols is 1. The minimum Gasteiger partial charge on any atom is -0.507 e. The molecule has 2 N–H and O–H groups in total. The summed E-state index contributed by atoms with van der Waals surface area (Å²) in [6.07, 6.45) is 0.0413. The lowest BCUT2D eigenvalue weighted by molar-refractivity contribution is -0.137. The number of aliphatic carboxylic acids is 1. The molecule has 0 heterocycles. The SMILES string of the molecule is COc1ccc(F)c(-c2ccc(COc3cccc([C@@H](C)CC(=O)O)c3)cc2O)c1. The van der Waals surface area contributed by atoms with Gasteiger partial charge in [0, 0.05) is 11.1 Å². The number of ether oxygens (including phenoxy) is 2. The molecule has 0 bridgehead atoms. The molecule has 0 aliphatic heterocycles. The van der Waals surface area contributed by atoms with E-state index in [9.17, 15) is 14.3 Å². The molecule has 3 aromatic rings. The molecule has 0 aromatic heterocycles. The van der Waals surface area contributed by atoms with Gasteiger partial charge in [-0.3, -0.25) is 4.79 Å². The second-order valence-electron chi connectivity index (χ2n) is 7.06. The molecule has 3 aromatic carbocycles. The Kier molecular flexibility index (Phi) is 6.57. The highest BCUT2D eigenvalue weighted by atomic mass is 19.1. The van der Waals surface area contributed by atoms with Crippen molar-refractivity contribution in [2.45, 2.75) is 25.9 Å². The molecule has 5 nitrogen and oxygen atoms in total. The van der Waals surface area contributed by atoms with Crippen molar-refractivity contribution < 1.29 is 28.9 Å².